The highest BCUT2D eigenvalue weighted by Gasteiger charge is 2.26. The van der Waals surface area contributed by atoms with Gasteiger partial charge in [0.2, 0.25) is 11.8 Å². The van der Waals surface area contributed by atoms with E-state index >= 15 is 0 Å². The third-order valence-corrected chi connectivity index (χ3v) is 3.45. The van der Waals surface area contributed by atoms with Crippen LogP contribution < -0.4 is 10.6 Å². The Bertz CT molecular complexity index is 729. The largest absolute Gasteiger partial charge is 0.358 e. The van der Waals surface area contributed by atoms with Gasteiger partial charge in [0.1, 0.15) is 18.4 Å². The number of benzene rings is 1. The Labute approximate surface area is 139 Å². The van der Waals surface area contributed by atoms with Crippen LogP contribution in [0.5, 0.6) is 0 Å². The lowest BCUT2D eigenvalue weighted by Gasteiger charge is -2.23. The topological polar surface area (TPSA) is 79.3 Å². The number of likely N-dealkylation sites (N-methyl/N-ethyl adjacent to an activating group) is 2. The van der Waals surface area contributed by atoms with E-state index in [0.29, 0.717) is 5.69 Å². The fraction of sp³-hybridized carbons (Fsp3) is 0.312. The SMILES string of the molecule is CNC(=O)Cn1cc(NC(=O)C(c2ccccc2F)N(C)C)cn1. The molecule has 0 bridgehead atoms. The van der Waals surface area contributed by atoms with Crippen LogP contribution >= 0.6 is 0 Å². The van der Waals surface area contributed by atoms with Crippen molar-refractivity contribution in [3.8, 4) is 0 Å². The first kappa shape index (κ1) is 17.6. The molecule has 8 heteroatoms. The fourth-order valence-electron chi connectivity index (χ4n) is 2.30. The summed E-state index contributed by atoms with van der Waals surface area (Å²) in [7, 11) is 4.93. The van der Waals surface area contributed by atoms with E-state index in [1.165, 1.54) is 24.0 Å². The summed E-state index contributed by atoms with van der Waals surface area (Å²) in [5, 5.41) is 9.19. The molecule has 2 aromatic rings. The molecule has 2 N–H and O–H groups in total. The number of rotatable bonds is 6. The number of aromatic nitrogens is 2. The Morgan fingerprint density at radius 2 is 2.04 bits per heavy atom. The van der Waals surface area contributed by atoms with Crippen LogP contribution in [0.1, 0.15) is 11.6 Å². The van der Waals surface area contributed by atoms with E-state index in [1.54, 1.807) is 43.4 Å². The van der Waals surface area contributed by atoms with Gasteiger partial charge in [-0.15, -0.1) is 0 Å². The van der Waals surface area contributed by atoms with Gasteiger partial charge in [0.05, 0.1) is 11.9 Å². The molecule has 1 aromatic carbocycles. The Morgan fingerprint density at radius 1 is 1.33 bits per heavy atom. The summed E-state index contributed by atoms with van der Waals surface area (Å²) >= 11 is 0. The molecule has 0 aliphatic carbocycles. The number of anilines is 1. The van der Waals surface area contributed by atoms with Gasteiger partial charge in [0, 0.05) is 18.8 Å². The van der Waals surface area contributed by atoms with Crippen molar-refractivity contribution >= 4 is 17.5 Å². The van der Waals surface area contributed by atoms with E-state index in [4.69, 9.17) is 0 Å². The van der Waals surface area contributed by atoms with Gasteiger partial charge >= 0.3 is 0 Å². The van der Waals surface area contributed by atoms with Gasteiger partial charge in [-0.05, 0) is 20.2 Å². The van der Waals surface area contributed by atoms with Crippen LogP contribution in [0.4, 0.5) is 10.1 Å². The molecule has 1 atom stereocenters. The highest BCUT2D eigenvalue weighted by Crippen LogP contribution is 2.23. The standard InChI is InChI=1S/C16H20FN5O2/c1-18-14(23)10-22-9-11(8-19-22)20-16(24)15(21(2)3)12-6-4-5-7-13(12)17/h4-9,15H,10H2,1-3H3,(H,18,23)(H,20,24). The minimum Gasteiger partial charge on any atom is -0.358 e. The van der Waals surface area contributed by atoms with Gasteiger partial charge in [0.15, 0.2) is 0 Å². The van der Waals surface area contributed by atoms with E-state index in [9.17, 15) is 14.0 Å². The van der Waals surface area contributed by atoms with Crippen molar-refractivity contribution in [2.75, 3.05) is 26.5 Å². The average Bonchev–Trinajstić information content (AvgIpc) is 2.95. The normalized spacial score (nSPS) is 12.0. The zero-order valence-electron chi connectivity index (χ0n) is 13.8. The molecular formula is C16H20FN5O2. The molecule has 1 unspecified atom stereocenters. The molecule has 0 spiro atoms. The third-order valence-electron chi connectivity index (χ3n) is 3.45. The van der Waals surface area contributed by atoms with Crippen LogP contribution in [0, 0.1) is 5.82 Å². The molecule has 2 rings (SSSR count). The molecular weight excluding hydrogens is 313 g/mol. The van der Waals surface area contributed by atoms with Crippen LogP contribution in [-0.2, 0) is 16.1 Å². The molecule has 24 heavy (non-hydrogen) atoms. The van der Waals surface area contributed by atoms with Crippen molar-refractivity contribution in [1.82, 2.24) is 20.0 Å². The number of hydrogen-bond acceptors (Lipinski definition) is 4. The second-order valence-corrected chi connectivity index (χ2v) is 5.48. The minimum atomic E-state index is -0.784. The summed E-state index contributed by atoms with van der Waals surface area (Å²) in [6.45, 7) is 0.0524. The Kier molecular flexibility index (Phi) is 5.64. The maximum atomic E-state index is 14.0. The Morgan fingerprint density at radius 3 is 2.67 bits per heavy atom. The zero-order valence-corrected chi connectivity index (χ0v) is 13.8. The molecule has 128 valence electrons. The van der Waals surface area contributed by atoms with E-state index in [1.807, 2.05) is 0 Å². The van der Waals surface area contributed by atoms with Gasteiger partial charge in [-0.25, -0.2) is 4.39 Å². The number of carbonyl (C=O) groups excluding carboxylic acids is 2. The molecule has 0 radical (unpaired) electrons. The number of nitrogens with one attached hydrogen (secondary N) is 2. The van der Waals surface area contributed by atoms with E-state index in [0.717, 1.165) is 0 Å². The lowest BCUT2D eigenvalue weighted by Crippen LogP contribution is -2.32. The van der Waals surface area contributed by atoms with Crippen LogP contribution in [0.25, 0.3) is 0 Å². The number of halogens is 1. The van der Waals surface area contributed by atoms with Crippen molar-refractivity contribution in [3.63, 3.8) is 0 Å². The quantitative estimate of drug-likeness (QED) is 0.827. The average molecular weight is 333 g/mol. The Balaban J connectivity index is 2.14. The van der Waals surface area contributed by atoms with Gasteiger partial charge in [-0.3, -0.25) is 19.2 Å². The first-order valence-corrected chi connectivity index (χ1v) is 7.37. The van der Waals surface area contributed by atoms with Gasteiger partial charge in [0.25, 0.3) is 0 Å². The lowest BCUT2D eigenvalue weighted by atomic mass is 10.0. The second kappa shape index (κ2) is 7.69. The van der Waals surface area contributed by atoms with E-state index in [2.05, 4.69) is 15.7 Å². The zero-order chi connectivity index (χ0) is 17.7. The summed E-state index contributed by atoms with van der Waals surface area (Å²) in [4.78, 5) is 25.5. The Hall–Kier alpha value is -2.74. The maximum absolute atomic E-state index is 14.0. The summed E-state index contributed by atoms with van der Waals surface area (Å²) in [6, 6.07) is 5.37. The van der Waals surface area contributed by atoms with Crippen LogP contribution in [-0.4, -0.2) is 47.6 Å². The highest BCUT2D eigenvalue weighted by molar-refractivity contribution is 5.95. The van der Waals surface area contributed by atoms with E-state index < -0.39 is 11.9 Å². The van der Waals surface area contributed by atoms with Crippen molar-refractivity contribution in [1.29, 1.82) is 0 Å². The number of hydrogen-bond donors (Lipinski definition) is 2. The molecule has 1 aromatic heterocycles. The monoisotopic (exact) mass is 333 g/mol. The molecule has 0 fully saturated rings. The first-order valence-electron chi connectivity index (χ1n) is 7.37. The molecule has 7 nitrogen and oxygen atoms in total. The smallest absolute Gasteiger partial charge is 0.246 e. The van der Waals surface area contributed by atoms with E-state index in [-0.39, 0.29) is 23.9 Å². The number of carbonyl (C=O) groups is 2. The number of amides is 2. The molecule has 2 amide bonds. The molecule has 0 aliphatic rings. The first-order chi connectivity index (χ1) is 11.4. The van der Waals surface area contributed by atoms with Crippen molar-refractivity contribution in [2.45, 2.75) is 12.6 Å². The minimum absolute atomic E-state index is 0.0524. The van der Waals surface area contributed by atoms with Gasteiger partial charge in [-0.2, -0.15) is 5.10 Å². The molecule has 1 heterocycles. The van der Waals surface area contributed by atoms with Crippen LogP contribution in [0.3, 0.4) is 0 Å². The van der Waals surface area contributed by atoms with Gasteiger partial charge < -0.3 is 10.6 Å². The van der Waals surface area contributed by atoms with Crippen LogP contribution in [0.15, 0.2) is 36.7 Å². The van der Waals surface area contributed by atoms with Crippen molar-refractivity contribution < 1.29 is 14.0 Å². The fourth-order valence-corrected chi connectivity index (χ4v) is 2.30. The van der Waals surface area contributed by atoms with Gasteiger partial charge in [-0.1, -0.05) is 18.2 Å². The van der Waals surface area contributed by atoms with Crippen LogP contribution in [0.2, 0.25) is 0 Å². The molecule has 0 aliphatic heterocycles. The highest BCUT2D eigenvalue weighted by atomic mass is 19.1. The predicted octanol–water partition coefficient (Wildman–Crippen LogP) is 1.01. The summed E-state index contributed by atoms with van der Waals surface area (Å²) < 4.78 is 15.4. The summed E-state index contributed by atoms with van der Waals surface area (Å²) in [6.07, 6.45) is 2.98. The number of nitrogens with zero attached hydrogens (tertiary/aromatic N) is 3. The third kappa shape index (κ3) is 4.17. The lowest BCUT2D eigenvalue weighted by molar-refractivity contribution is -0.121. The van der Waals surface area contributed by atoms with Crippen molar-refractivity contribution in [2.24, 2.45) is 0 Å². The second-order valence-electron chi connectivity index (χ2n) is 5.48. The predicted molar refractivity (Wildman–Crippen MR) is 87.8 cm³/mol. The summed E-state index contributed by atoms with van der Waals surface area (Å²) in [5.41, 5.74) is 0.727. The molecule has 0 saturated carbocycles. The molecule has 0 saturated heterocycles. The summed E-state index contributed by atoms with van der Waals surface area (Å²) in [5.74, 6) is -1.03. The van der Waals surface area contributed by atoms with Crippen molar-refractivity contribution in [3.05, 3.63) is 48.0 Å². The maximum Gasteiger partial charge on any atom is 0.246 e.